The Hall–Kier alpha value is -1.18. The molecule has 1 atom stereocenters. The second-order valence-electron chi connectivity index (χ2n) is 3.46. The molecule has 0 aromatic heterocycles. The highest BCUT2D eigenvalue weighted by atomic mass is 16.5. The molecule has 94 valence electrons. The molecule has 0 saturated heterocycles. The summed E-state index contributed by atoms with van der Waals surface area (Å²) >= 11 is 0. The molecule has 0 fully saturated rings. The van der Waals surface area contributed by atoms with Gasteiger partial charge in [0.2, 0.25) is 0 Å². The van der Waals surface area contributed by atoms with Crippen LogP contribution in [-0.2, 0) is 14.3 Å². The predicted octanol–water partition coefficient (Wildman–Crippen LogP) is -1.29. The monoisotopic (exact) mass is 235 g/mol. The van der Waals surface area contributed by atoms with Gasteiger partial charge in [-0.2, -0.15) is 0 Å². The lowest BCUT2D eigenvalue weighted by Crippen LogP contribution is -2.39. The van der Waals surface area contributed by atoms with Crippen molar-refractivity contribution >= 4 is 11.9 Å². The van der Waals surface area contributed by atoms with Crippen molar-refractivity contribution in [3.05, 3.63) is 0 Å². The van der Waals surface area contributed by atoms with E-state index in [1.54, 1.807) is 0 Å². The first-order valence-corrected chi connectivity index (χ1v) is 4.75. The van der Waals surface area contributed by atoms with Gasteiger partial charge in [0.05, 0.1) is 19.7 Å². The quantitative estimate of drug-likeness (QED) is 0.456. The molecule has 1 unspecified atom stereocenters. The zero-order valence-electron chi connectivity index (χ0n) is 9.13. The fourth-order valence-electron chi connectivity index (χ4n) is 1.33. The molecule has 0 heterocycles. The van der Waals surface area contributed by atoms with Crippen LogP contribution in [0.25, 0.3) is 0 Å². The number of ether oxygens (including phenoxy) is 1. The largest absolute Gasteiger partial charge is 0.480 e. The summed E-state index contributed by atoms with van der Waals surface area (Å²) in [6.07, 6.45) is 0. The summed E-state index contributed by atoms with van der Waals surface area (Å²) in [5, 5.41) is 26.1. The lowest BCUT2D eigenvalue weighted by molar-refractivity contribution is -0.142. The Balaban J connectivity index is 4.26. The van der Waals surface area contributed by atoms with Gasteiger partial charge in [-0.1, -0.05) is 0 Å². The van der Waals surface area contributed by atoms with Crippen LogP contribution in [-0.4, -0.2) is 72.1 Å². The van der Waals surface area contributed by atoms with Gasteiger partial charge in [-0.15, -0.1) is 0 Å². The summed E-state index contributed by atoms with van der Waals surface area (Å²) in [6, 6.07) is 0. The Kier molecular flexibility index (Phi) is 7.44. The number of aliphatic carboxylic acids is 2. The first kappa shape index (κ1) is 14.8. The Labute approximate surface area is 93.2 Å². The molecule has 3 N–H and O–H groups in total. The highest BCUT2D eigenvalue weighted by Crippen LogP contribution is 2.01. The van der Waals surface area contributed by atoms with E-state index in [1.165, 1.54) is 12.0 Å². The van der Waals surface area contributed by atoms with Crippen LogP contribution in [0, 0.1) is 5.92 Å². The third-order valence-electron chi connectivity index (χ3n) is 1.89. The minimum absolute atomic E-state index is 0.170. The third-order valence-corrected chi connectivity index (χ3v) is 1.89. The summed E-state index contributed by atoms with van der Waals surface area (Å²) < 4.78 is 4.82. The number of aliphatic hydroxyl groups is 1. The Morgan fingerprint density at radius 1 is 1.25 bits per heavy atom. The van der Waals surface area contributed by atoms with Crippen LogP contribution < -0.4 is 0 Å². The molecule has 0 bridgehead atoms. The number of nitrogens with zero attached hydrogens (tertiary/aromatic N) is 1. The van der Waals surface area contributed by atoms with Gasteiger partial charge in [0.1, 0.15) is 0 Å². The first-order chi connectivity index (χ1) is 7.49. The maximum Gasteiger partial charge on any atom is 0.317 e. The van der Waals surface area contributed by atoms with Crippen LogP contribution >= 0.6 is 0 Å². The Morgan fingerprint density at radius 3 is 2.06 bits per heavy atom. The van der Waals surface area contributed by atoms with Gasteiger partial charge in [-0.3, -0.25) is 14.5 Å². The van der Waals surface area contributed by atoms with Gasteiger partial charge in [0.15, 0.2) is 0 Å². The molecule has 0 spiro atoms. The second-order valence-corrected chi connectivity index (χ2v) is 3.46. The number of carboxylic acids is 2. The average molecular weight is 235 g/mol. The number of carbonyl (C=O) groups is 2. The van der Waals surface area contributed by atoms with E-state index < -0.39 is 11.9 Å². The molecule has 0 aliphatic heterocycles. The zero-order valence-corrected chi connectivity index (χ0v) is 9.13. The highest BCUT2D eigenvalue weighted by Gasteiger charge is 2.18. The van der Waals surface area contributed by atoms with Gasteiger partial charge >= 0.3 is 11.9 Å². The third kappa shape index (κ3) is 7.16. The standard InChI is InChI=1S/C9H17NO6/c1-16-6-7(5-11)2-10(3-8(12)13)4-9(14)15/h7,11H,2-6H2,1H3,(H,12,13)(H,14,15). The average Bonchev–Trinajstić information content (AvgIpc) is 2.14. The summed E-state index contributed by atoms with van der Waals surface area (Å²) in [5.74, 6) is -2.49. The molecule has 7 nitrogen and oxygen atoms in total. The lowest BCUT2D eigenvalue weighted by atomic mass is 10.1. The topological polar surface area (TPSA) is 107 Å². The van der Waals surface area contributed by atoms with E-state index in [1.807, 2.05) is 0 Å². The molecule has 0 aliphatic carbocycles. The molecule has 0 radical (unpaired) electrons. The normalized spacial score (nSPS) is 12.7. The molecular formula is C9H17NO6. The van der Waals surface area contributed by atoms with Crippen molar-refractivity contribution in [2.24, 2.45) is 5.92 Å². The Bertz CT molecular complexity index is 216. The minimum Gasteiger partial charge on any atom is -0.480 e. The zero-order chi connectivity index (χ0) is 12.6. The number of hydrogen-bond donors (Lipinski definition) is 3. The van der Waals surface area contributed by atoms with Crippen LogP contribution in [0.1, 0.15) is 0 Å². The van der Waals surface area contributed by atoms with Crippen molar-refractivity contribution in [3.63, 3.8) is 0 Å². The number of aliphatic hydroxyl groups excluding tert-OH is 1. The van der Waals surface area contributed by atoms with Crippen LogP contribution in [0.3, 0.4) is 0 Å². The summed E-state index contributed by atoms with van der Waals surface area (Å²) in [5.41, 5.74) is 0. The van der Waals surface area contributed by atoms with Gasteiger partial charge in [-0.25, -0.2) is 0 Å². The van der Waals surface area contributed by atoms with Gasteiger partial charge in [0, 0.05) is 26.2 Å². The minimum atomic E-state index is -1.10. The lowest BCUT2D eigenvalue weighted by Gasteiger charge is -2.22. The molecule has 7 heteroatoms. The van der Waals surface area contributed by atoms with Crippen molar-refractivity contribution in [2.45, 2.75) is 0 Å². The molecule has 0 aliphatic rings. The summed E-state index contributed by atoms with van der Waals surface area (Å²) in [6.45, 7) is -0.488. The molecule has 0 aromatic carbocycles. The van der Waals surface area contributed by atoms with E-state index in [0.717, 1.165) is 0 Å². The van der Waals surface area contributed by atoms with E-state index in [4.69, 9.17) is 20.1 Å². The van der Waals surface area contributed by atoms with Gasteiger partial charge in [-0.05, 0) is 0 Å². The van der Waals surface area contributed by atoms with Gasteiger partial charge < -0.3 is 20.1 Å². The Morgan fingerprint density at radius 2 is 1.75 bits per heavy atom. The number of methoxy groups -OCH3 is 1. The maximum absolute atomic E-state index is 10.5. The molecule has 0 aromatic rings. The van der Waals surface area contributed by atoms with Crippen molar-refractivity contribution < 1.29 is 29.6 Å². The van der Waals surface area contributed by atoms with Crippen molar-refractivity contribution in [2.75, 3.05) is 40.0 Å². The summed E-state index contributed by atoms with van der Waals surface area (Å²) in [7, 11) is 1.46. The summed E-state index contributed by atoms with van der Waals surface area (Å²) in [4.78, 5) is 22.2. The van der Waals surface area contributed by atoms with Crippen LogP contribution in [0.15, 0.2) is 0 Å². The predicted molar refractivity (Wildman–Crippen MR) is 54.2 cm³/mol. The van der Waals surface area contributed by atoms with Crippen molar-refractivity contribution in [1.29, 1.82) is 0 Å². The first-order valence-electron chi connectivity index (χ1n) is 4.75. The van der Waals surface area contributed by atoms with E-state index in [0.29, 0.717) is 0 Å². The molecule has 0 saturated carbocycles. The smallest absolute Gasteiger partial charge is 0.317 e. The van der Waals surface area contributed by atoms with Crippen LogP contribution in [0.5, 0.6) is 0 Å². The number of carboxylic acid groups (broad SMARTS) is 2. The highest BCUT2D eigenvalue weighted by molar-refractivity contribution is 5.72. The van der Waals surface area contributed by atoms with Gasteiger partial charge in [0.25, 0.3) is 0 Å². The van der Waals surface area contributed by atoms with E-state index >= 15 is 0 Å². The molecule has 0 rings (SSSR count). The molecule has 16 heavy (non-hydrogen) atoms. The van der Waals surface area contributed by atoms with Crippen molar-refractivity contribution in [3.8, 4) is 0 Å². The van der Waals surface area contributed by atoms with Crippen LogP contribution in [0.4, 0.5) is 0 Å². The van der Waals surface area contributed by atoms with E-state index in [9.17, 15) is 9.59 Å². The van der Waals surface area contributed by atoms with Crippen molar-refractivity contribution in [1.82, 2.24) is 4.90 Å². The fourth-order valence-corrected chi connectivity index (χ4v) is 1.33. The second kappa shape index (κ2) is 8.03. The number of hydrogen-bond acceptors (Lipinski definition) is 5. The van der Waals surface area contributed by atoms with Crippen LogP contribution in [0.2, 0.25) is 0 Å². The molecule has 0 amide bonds. The SMILES string of the molecule is COCC(CO)CN(CC(=O)O)CC(=O)O. The van der Waals surface area contributed by atoms with E-state index in [2.05, 4.69) is 0 Å². The fraction of sp³-hybridized carbons (Fsp3) is 0.778. The van der Waals surface area contributed by atoms with E-state index in [-0.39, 0.29) is 38.8 Å². The molecular weight excluding hydrogens is 218 g/mol. The number of rotatable bonds is 9. The maximum atomic E-state index is 10.5.